The number of guanidine groups is 1. The molecule has 0 fully saturated rings. The highest BCUT2D eigenvalue weighted by molar-refractivity contribution is 5.79. The highest BCUT2D eigenvalue weighted by Gasteiger charge is 2.14. The molecular weight excluding hydrogens is 350 g/mol. The Bertz CT molecular complexity index is 780. The predicted octanol–water partition coefficient (Wildman–Crippen LogP) is 3.58. The number of para-hydroxylation sites is 1. The number of aliphatic imine (C=N–C) groups is 1. The van der Waals surface area contributed by atoms with Crippen molar-refractivity contribution in [3.05, 3.63) is 53.7 Å². The van der Waals surface area contributed by atoms with Gasteiger partial charge in [-0.25, -0.2) is 9.98 Å². The Hall–Kier alpha value is -2.76. The number of aromatic nitrogens is 1. The summed E-state index contributed by atoms with van der Waals surface area (Å²) in [5.41, 5.74) is 1.98. The van der Waals surface area contributed by atoms with Crippen molar-refractivity contribution in [3.8, 4) is 5.75 Å². The number of rotatable bonds is 7. The summed E-state index contributed by atoms with van der Waals surface area (Å²) >= 11 is 0. The van der Waals surface area contributed by atoms with Crippen LogP contribution in [0.1, 0.15) is 38.8 Å². The molecule has 1 aromatic carbocycles. The number of hydrogen-bond acceptors (Lipinski definition) is 4. The van der Waals surface area contributed by atoms with Crippen molar-refractivity contribution < 1.29 is 4.74 Å². The largest absolute Gasteiger partial charge is 0.488 e. The van der Waals surface area contributed by atoms with Crippen LogP contribution in [0.3, 0.4) is 0 Å². The molecule has 0 amide bonds. The third kappa shape index (κ3) is 7.10. The van der Waals surface area contributed by atoms with Gasteiger partial charge in [0.05, 0.1) is 6.54 Å². The zero-order chi connectivity index (χ0) is 20.6. The van der Waals surface area contributed by atoms with Gasteiger partial charge in [0, 0.05) is 38.9 Å². The first-order chi connectivity index (χ1) is 13.3. The molecule has 6 heteroatoms. The van der Waals surface area contributed by atoms with Crippen LogP contribution in [-0.4, -0.2) is 37.2 Å². The molecule has 2 N–H and O–H groups in total. The Balaban J connectivity index is 2.07. The molecule has 0 radical (unpaired) electrons. The summed E-state index contributed by atoms with van der Waals surface area (Å²) in [5, 5.41) is 6.70. The van der Waals surface area contributed by atoms with Gasteiger partial charge in [0.15, 0.2) is 5.96 Å². The first-order valence-electron chi connectivity index (χ1n) is 9.70. The van der Waals surface area contributed by atoms with Gasteiger partial charge in [-0.2, -0.15) is 0 Å². The molecule has 28 heavy (non-hydrogen) atoms. The van der Waals surface area contributed by atoms with Gasteiger partial charge >= 0.3 is 0 Å². The second kappa shape index (κ2) is 9.97. The first kappa shape index (κ1) is 21.5. The average molecular weight is 384 g/mol. The van der Waals surface area contributed by atoms with Crippen molar-refractivity contribution in [2.24, 2.45) is 4.99 Å². The van der Waals surface area contributed by atoms with E-state index in [4.69, 9.17) is 9.73 Å². The smallest absolute Gasteiger partial charge is 0.191 e. The fraction of sp³-hybridized carbons (Fsp3) is 0.455. The molecule has 0 saturated heterocycles. The maximum absolute atomic E-state index is 6.08. The molecule has 0 aliphatic heterocycles. The molecule has 2 aromatic rings. The standard InChI is InChI=1S/C22H33N5O/c1-7-23-21(25-15-17-12-13-24-20(14-17)27(5)6)26-16-18-10-8-9-11-19(18)28-22(2,3)4/h8-14H,7,15-16H2,1-6H3,(H2,23,25,26). The molecule has 1 heterocycles. The molecule has 0 saturated carbocycles. The van der Waals surface area contributed by atoms with Crippen molar-refractivity contribution in [1.29, 1.82) is 0 Å². The number of nitrogens with one attached hydrogen (secondary N) is 2. The van der Waals surface area contributed by atoms with E-state index in [1.54, 1.807) is 0 Å². The monoisotopic (exact) mass is 383 g/mol. The maximum Gasteiger partial charge on any atom is 0.191 e. The van der Waals surface area contributed by atoms with Gasteiger partial charge in [-0.05, 0) is 51.5 Å². The quantitative estimate of drug-likeness (QED) is 0.565. The van der Waals surface area contributed by atoms with Crippen LogP contribution in [-0.2, 0) is 13.1 Å². The second-order valence-electron chi connectivity index (χ2n) is 7.79. The Morgan fingerprint density at radius 2 is 1.89 bits per heavy atom. The molecule has 6 nitrogen and oxygen atoms in total. The molecule has 2 rings (SSSR count). The third-order valence-corrected chi connectivity index (χ3v) is 3.87. The van der Waals surface area contributed by atoms with E-state index in [-0.39, 0.29) is 5.60 Å². The summed E-state index contributed by atoms with van der Waals surface area (Å²) in [6, 6.07) is 12.1. The van der Waals surface area contributed by atoms with Gasteiger partial charge in [0.2, 0.25) is 0 Å². The van der Waals surface area contributed by atoms with E-state index in [9.17, 15) is 0 Å². The maximum atomic E-state index is 6.08. The van der Waals surface area contributed by atoms with Crippen molar-refractivity contribution >= 4 is 11.8 Å². The van der Waals surface area contributed by atoms with Crippen LogP contribution in [0.25, 0.3) is 0 Å². The number of hydrogen-bond donors (Lipinski definition) is 2. The molecule has 0 unspecified atom stereocenters. The molecule has 1 aromatic heterocycles. The van der Waals surface area contributed by atoms with Crippen LogP contribution >= 0.6 is 0 Å². The molecular formula is C22H33N5O. The van der Waals surface area contributed by atoms with Crippen molar-refractivity contribution in [2.45, 2.75) is 46.4 Å². The van der Waals surface area contributed by atoms with Gasteiger partial charge in [-0.1, -0.05) is 18.2 Å². The van der Waals surface area contributed by atoms with Gasteiger partial charge in [0.1, 0.15) is 17.2 Å². The molecule has 0 aliphatic carbocycles. The first-order valence-corrected chi connectivity index (χ1v) is 9.70. The zero-order valence-electron chi connectivity index (χ0n) is 17.9. The van der Waals surface area contributed by atoms with Crippen LogP contribution in [0.2, 0.25) is 0 Å². The van der Waals surface area contributed by atoms with Crippen LogP contribution < -0.4 is 20.3 Å². The lowest BCUT2D eigenvalue weighted by Gasteiger charge is -2.23. The SMILES string of the molecule is CCNC(=NCc1ccnc(N(C)C)c1)NCc1ccccc1OC(C)(C)C. The lowest BCUT2D eigenvalue weighted by atomic mass is 10.1. The van der Waals surface area contributed by atoms with Gasteiger partial charge in [-0.15, -0.1) is 0 Å². The third-order valence-electron chi connectivity index (χ3n) is 3.87. The average Bonchev–Trinajstić information content (AvgIpc) is 2.64. The Morgan fingerprint density at radius 3 is 2.57 bits per heavy atom. The van der Waals surface area contributed by atoms with E-state index in [0.29, 0.717) is 13.1 Å². The predicted molar refractivity (Wildman–Crippen MR) is 117 cm³/mol. The van der Waals surface area contributed by atoms with E-state index < -0.39 is 0 Å². The van der Waals surface area contributed by atoms with E-state index in [0.717, 1.165) is 35.2 Å². The molecule has 0 spiro atoms. The van der Waals surface area contributed by atoms with Crippen molar-refractivity contribution in [3.63, 3.8) is 0 Å². The summed E-state index contributed by atoms with van der Waals surface area (Å²) < 4.78 is 6.08. The number of pyridine rings is 1. The minimum Gasteiger partial charge on any atom is -0.488 e. The number of anilines is 1. The molecule has 0 aliphatic rings. The van der Waals surface area contributed by atoms with Gasteiger partial charge in [-0.3, -0.25) is 0 Å². The lowest BCUT2D eigenvalue weighted by Crippen LogP contribution is -2.37. The van der Waals surface area contributed by atoms with Gasteiger partial charge in [0.25, 0.3) is 0 Å². The normalized spacial score (nSPS) is 11.9. The minimum absolute atomic E-state index is 0.236. The van der Waals surface area contributed by atoms with Crippen LogP contribution in [0.4, 0.5) is 5.82 Å². The van der Waals surface area contributed by atoms with E-state index in [1.165, 1.54) is 0 Å². The van der Waals surface area contributed by atoms with Crippen molar-refractivity contribution in [1.82, 2.24) is 15.6 Å². The fourth-order valence-electron chi connectivity index (χ4n) is 2.57. The van der Waals surface area contributed by atoms with E-state index >= 15 is 0 Å². The minimum atomic E-state index is -0.236. The Morgan fingerprint density at radius 1 is 1.14 bits per heavy atom. The zero-order valence-corrected chi connectivity index (χ0v) is 17.9. The highest BCUT2D eigenvalue weighted by Crippen LogP contribution is 2.22. The van der Waals surface area contributed by atoms with Gasteiger partial charge < -0.3 is 20.3 Å². The number of nitrogens with zero attached hydrogens (tertiary/aromatic N) is 3. The van der Waals surface area contributed by atoms with Crippen LogP contribution in [0.5, 0.6) is 5.75 Å². The van der Waals surface area contributed by atoms with Crippen LogP contribution in [0, 0.1) is 0 Å². The fourth-order valence-corrected chi connectivity index (χ4v) is 2.57. The number of benzene rings is 1. The molecule has 0 bridgehead atoms. The van der Waals surface area contributed by atoms with E-state index in [2.05, 4.69) is 55.4 Å². The number of ether oxygens (including phenoxy) is 1. The summed E-state index contributed by atoms with van der Waals surface area (Å²) in [7, 11) is 3.97. The van der Waals surface area contributed by atoms with Crippen molar-refractivity contribution in [2.75, 3.05) is 25.5 Å². The highest BCUT2D eigenvalue weighted by atomic mass is 16.5. The second-order valence-corrected chi connectivity index (χ2v) is 7.79. The molecule has 0 atom stereocenters. The van der Waals surface area contributed by atoms with E-state index in [1.807, 2.05) is 49.5 Å². The topological polar surface area (TPSA) is 61.8 Å². The summed E-state index contributed by atoms with van der Waals surface area (Å²) in [6.45, 7) is 10.2. The summed E-state index contributed by atoms with van der Waals surface area (Å²) in [4.78, 5) is 11.0. The van der Waals surface area contributed by atoms with Crippen LogP contribution in [0.15, 0.2) is 47.6 Å². The molecule has 152 valence electrons. The summed E-state index contributed by atoms with van der Waals surface area (Å²) in [5.74, 6) is 2.60. The summed E-state index contributed by atoms with van der Waals surface area (Å²) in [6.07, 6.45) is 1.82. The Labute approximate surface area is 169 Å². The lowest BCUT2D eigenvalue weighted by molar-refractivity contribution is 0.129. The Kier molecular flexibility index (Phi) is 7.67.